The van der Waals surface area contributed by atoms with Gasteiger partial charge in [0.2, 0.25) is 5.91 Å². The van der Waals surface area contributed by atoms with E-state index >= 15 is 0 Å². The molecule has 0 spiro atoms. The Morgan fingerprint density at radius 2 is 1.94 bits per heavy atom. The van der Waals surface area contributed by atoms with E-state index in [0.29, 0.717) is 12.5 Å². The molecule has 2 amide bonds. The molecular weight excluding hydrogens is 410 g/mol. The first-order chi connectivity index (χ1) is 15.5. The lowest BCUT2D eigenvalue weighted by molar-refractivity contribution is -0.132. The van der Waals surface area contributed by atoms with Crippen molar-refractivity contribution in [1.82, 2.24) is 15.8 Å². The molecule has 0 aliphatic heterocycles. The molecule has 0 saturated heterocycles. The van der Waals surface area contributed by atoms with Crippen molar-refractivity contribution < 1.29 is 24.3 Å². The molecule has 1 heterocycles. The van der Waals surface area contributed by atoms with Gasteiger partial charge in [-0.25, -0.2) is 5.48 Å². The number of amides is 2. The molecule has 1 saturated carbocycles. The first-order valence-electron chi connectivity index (χ1n) is 11.5. The summed E-state index contributed by atoms with van der Waals surface area (Å²) >= 11 is 0. The number of hydroxylamine groups is 1. The number of aromatic amines is 1. The van der Waals surface area contributed by atoms with Gasteiger partial charge in [-0.2, -0.15) is 0 Å². The lowest BCUT2D eigenvalue weighted by Crippen LogP contribution is -2.44. The maximum Gasteiger partial charge on any atom is 0.251 e. The van der Waals surface area contributed by atoms with Crippen LogP contribution in [0.3, 0.4) is 0 Å². The number of ether oxygens (including phenoxy) is 2. The summed E-state index contributed by atoms with van der Waals surface area (Å²) in [6, 6.07) is 7.28. The molecule has 2 unspecified atom stereocenters. The molecule has 2 aromatic rings. The smallest absolute Gasteiger partial charge is 0.251 e. The van der Waals surface area contributed by atoms with E-state index in [1.54, 1.807) is 11.7 Å². The monoisotopic (exact) mass is 445 g/mol. The second kappa shape index (κ2) is 12.0. The van der Waals surface area contributed by atoms with E-state index in [-0.39, 0.29) is 31.6 Å². The van der Waals surface area contributed by atoms with Gasteiger partial charge in [0, 0.05) is 29.6 Å². The van der Waals surface area contributed by atoms with Crippen LogP contribution in [0.2, 0.25) is 0 Å². The zero-order valence-electron chi connectivity index (χ0n) is 18.9. The van der Waals surface area contributed by atoms with Crippen molar-refractivity contribution >= 4 is 22.7 Å². The zero-order chi connectivity index (χ0) is 22.9. The maximum atomic E-state index is 13.0. The van der Waals surface area contributed by atoms with E-state index in [1.807, 2.05) is 31.2 Å². The second-order valence-electron chi connectivity index (χ2n) is 8.70. The first kappa shape index (κ1) is 24.2. The molecule has 8 heteroatoms. The third kappa shape index (κ3) is 6.31. The average molecular weight is 446 g/mol. The molecule has 1 aliphatic carbocycles. The highest BCUT2D eigenvalue weighted by Crippen LogP contribution is 2.31. The van der Waals surface area contributed by atoms with Crippen LogP contribution in [-0.2, 0) is 19.1 Å². The van der Waals surface area contributed by atoms with Crippen molar-refractivity contribution in [3.05, 3.63) is 36.0 Å². The van der Waals surface area contributed by atoms with Crippen LogP contribution in [0.1, 0.15) is 57.4 Å². The minimum atomic E-state index is -0.663. The van der Waals surface area contributed by atoms with E-state index in [0.717, 1.165) is 42.1 Å². The Bertz CT molecular complexity index is 875. The third-order valence-corrected chi connectivity index (χ3v) is 6.37. The molecular formula is C24H35N3O5. The Morgan fingerprint density at radius 1 is 1.19 bits per heavy atom. The topological polar surface area (TPSA) is 113 Å². The van der Waals surface area contributed by atoms with Crippen molar-refractivity contribution in [3.8, 4) is 0 Å². The van der Waals surface area contributed by atoms with E-state index < -0.39 is 17.9 Å². The largest absolute Gasteiger partial charge is 0.361 e. The van der Waals surface area contributed by atoms with Crippen LogP contribution in [0.5, 0.6) is 0 Å². The van der Waals surface area contributed by atoms with Crippen LogP contribution in [0, 0.1) is 11.8 Å². The normalized spacial score (nSPS) is 20.6. The lowest BCUT2D eigenvalue weighted by Gasteiger charge is -2.29. The molecule has 3 rings (SSSR count). The van der Waals surface area contributed by atoms with Gasteiger partial charge in [-0.15, -0.1) is 0 Å². The molecule has 1 aromatic carbocycles. The van der Waals surface area contributed by atoms with Crippen molar-refractivity contribution in [2.24, 2.45) is 11.8 Å². The minimum absolute atomic E-state index is 0.00370. The van der Waals surface area contributed by atoms with Gasteiger partial charge in [-0.3, -0.25) is 14.8 Å². The van der Waals surface area contributed by atoms with Gasteiger partial charge in [0.15, 0.2) is 0 Å². The van der Waals surface area contributed by atoms with Gasteiger partial charge in [0.1, 0.15) is 6.79 Å². The molecule has 4 N–H and O–H groups in total. The third-order valence-electron chi connectivity index (χ3n) is 6.37. The van der Waals surface area contributed by atoms with Gasteiger partial charge in [-0.1, -0.05) is 25.1 Å². The zero-order valence-corrected chi connectivity index (χ0v) is 18.9. The van der Waals surface area contributed by atoms with Gasteiger partial charge >= 0.3 is 0 Å². The Morgan fingerprint density at radius 3 is 2.66 bits per heavy atom. The summed E-state index contributed by atoms with van der Waals surface area (Å²) in [7, 11) is 0. The minimum Gasteiger partial charge on any atom is -0.361 e. The number of fused-ring (bicyclic) bond motifs is 1. The number of H-pyrrole nitrogens is 1. The van der Waals surface area contributed by atoms with Crippen molar-refractivity contribution in [2.75, 3.05) is 20.0 Å². The number of carbonyl (C=O) groups excluding carboxylic acids is 2. The summed E-state index contributed by atoms with van der Waals surface area (Å²) in [5.74, 6) is -0.541. The molecule has 32 heavy (non-hydrogen) atoms. The fourth-order valence-corrected chi connectivity index (χ4v) is 4.46. The number of carbonyl (C=O) groups is 2. The Balaban J connectivity index is 1.76. The molecule has 8 nitrogen and oxygen atoms in total. The molecule has 0 bridgehead atoms. The molecule has 0 radical (unpaired) electrons. The first-order valence-corrected chi connectivity index (χ1v) is 11.5. The Hall–Kier alpha value is -2.42. The summed E-state index contributed by atoms with van der Waals surface area (Å²) < 4.78 is 10.9. The standard InChI is InChI=1S/C24H35N3O5/c1-3-31-15-32-14-18(26-23(28)17-10-8-16(2)9-11-17)12-20(24(29)27-30)21-13-25-22-7-5-4-6-19(21)22/h4-7,13,16-18,20,25,30H,3,8-12,14-15H2,1-2H3,(H,26,28)(H,27,29). The molecule has 176 valence electrons. The predicted molar refractivity (Wildman–Crippen MR) is 121 cm³/mol. The number of hydrogen-bond donors (Lipinski definition) is 4. The quantitative estimate of drug-likeness (QED) is 0.183. The highest BCUT2D eigenvalue weighted by atomic mass is 16.7. The SMILES string of the molecule is CCOCOCC(CC(C(=O)NO)c1c[nH]c2ccccc12)NC(=O)C1CCC(C)CC1. The number of benzene rings is 1. The van der Waals surface area contributed by atoms with E-state index in [1.165, 1.54) is 0 Å². The van der Waals surface area contributed by atoms with E-state index in [2.05, 4.69) is 17.2 Å². The van der Waals surface area contributed by atoms with Crippen LogP contribution in [0.15, 0.2) is 30.5 Å². The van der Waals surface area contributed by atoms with Crippen LogP contribution < -0.4 is 10.8 Å². The number of rotatable bonds is 11. The fourth-order valence-electron chi connectivity index (χ4n) is 4.46. The Labute approximate surface area is 189 Å². The summed E-state index contributed by atoms with van der Waals surface area (Å²) in [6.07, 6.45) is 5.93. The van der Waals surface area contributed by atoms with E-state index in [4.69, 9.17) is 9.47 Å². The summed E-state index contributed by atoms with van der Waals surface area (Å²) in [4.78, 5) is 28.8. The summed E-state index contributed by atoms with van der Waals surface area (Å²) in [5, 5.41) is 13.4. The summed E-state index contributed by atoms with van der Waals surface area (Å²) in [6.45, 7) is 4.96. The van der Waals surface area contributed by atoms with Crippen molar-refractivity contribution in [3.63, 3.8) is 0 Å². The lowest BCUT2D eigenvalue weighted by atomic mass is 9.82. The Kier molecular flexibility index (Phi) is 9.08. The number of para-hydroxylation sites is 1. The van der Waals surface area contributed by atoms with Gasteiger partial charge in [-0.05, 0) is 56.6 Å². The van der Waals surface area contributed by atoms with Gasteiger partial charge < -0.3 is 19.8 Å². The van der Waals surface area contributed by atoms with Crippen LogP contribution in [0.25, 0.3) is 10.9 Å². The highest BCUT2D eigenvalue weighted by Gasteiger charge is 2.30. The van der Waals surface area contributed by atoms with Gasteiger partial charge in [0.05, 0.1) is 18.6 Å². The fraction of sp³-hybridized carbons (Fsp3) is 0.583. The van der Waals surface area contributed by atoms with Crippen molar-refractivity contribution in [2.45, 2.75) is 57.9 Å². The van der Waals surface area contributed by atoms with Crippen LogP contribution >= 0.6 is 0 Å². The number of hydrogen-bond acceptors (Lipinski definition) is 5. The number of aromatic nitrogens is 1. The molecule has 1 fully saturated rings. The van der Waals surface area contributed by atoms with Gasteiger partial charge in [0.25, 0.3) is 5.91 Å². The van der Waals surface area contributed by atoms with Crippen LogP contribution in [-0.4, -0.2) is 48.1 Å². The number of nitrogens with one attached hydrogen (secondary N) is 3. The second-order valence-corrected chi connectivity index (χ2v) is 8.70. The van der Waals surface area contributed by atoms with Crippen LogP contribution in [0.4, 0.5) is 0 Å². The molecule has 1 aromatic heterocycles. The molecule has 1 aliphatic rings. The predicted octanol–water partition coefficient (Wildman–Crippen LogP) is 3.47. The van der Waals surface area contributed by atoms with E-state index in [9.17, 15) is 14.8 Å². The molecule has 2 atom stereocenters. The highest BCUT2D eigenvalue weighted by molar-refractivity contribution is 5.91. The average Bonchev–Trinajstić information content (AvgIpc) is 3.23. The summed E-state index contributed by atoms with van der Waals surface area (Å²) in [5.41, 5.74) is 3.46. The maximum absolute atomic E-state index is 13.0. The van der Waals surface area contributed by atoms with Crippen molar-refractivity contribution in [1.29, 1.82) is 0 Å².